The van der Waals surface area contributed by atoms with Gasteiger partial charge in [-0.3, -0.25) is 4.79 Å². The molecule has 0 aliphatic carbocycles. The molecule has 2 atom stereocenters. The van der Waals surface area contributed by atoms with E-state index < -0.39 is 0 Å². The van der Waals surface area contributed by atoms with Crippen molar-refractivity contribution in [2.75, 3.05) is 27.2 Å². The predicted octanol–water partition coefficient (Wildman–Crippen LogP) is 3.82. The number of likely N-dealkylation sites (tertiary alicyclic amines) is 1. The first-order chi connectivity index (χ1) is 12.1. The van der Waals surface area contributed by atoms with Gasteiger partial charge in [0.2, 0.25) is 0 Å². The number of hydrogen-bond acceptors (Lipinski definition) is 5. The molecule has 1 aliphatic rings. The van der Waals surface area contributed by atoms with Gasteiger partial charge in [0.1, 0.15) is 18.1 Å². The smallest absolute Gasteiger partial charge is 0.302 e. The Morgan fingerprint density at radius 1 is 1.35 bits per heavy atom. The number of ether oxygens (including phenoxy) is 2. The average Bonchev–Trinajstić information content (AvgIpc) is 2.80. The Labute approximate surface area is 158 Å². The van der Waals surface area contributed by atoms with Crippen molar-refractivity contribution in [1.82, 2.24) is 4.90 Å². The molecule has 0 amide bonds. The van der Waals surface area contributed by atoms with Gasteiger partial charge in [0.15, 0.2) is 0 Å². The van der Waals surface area contributed by atoms with Crippen molar-refractivity contribution < 1.29 is 19.1 Å². The van der Waals surface area contributed by atoms with Gasteiger partial charge in [-0.2, -0.15) is 0 Å². The van der Waals surface area contributed by atoms with Crippen molar-refractivity contribution in [3.63, 3.8) is 0 Å². The highest BCUT2D eigenvalue weighted by atomic mass is 16.5. The third-order valence-electron chi connectivity index (χ3n) is 4.39. The molecule has 1 unspecified atom stereocenters. The number of carbonyl (C=O) groups is 2. The van der Waals surface area contributed by atoms with Crippen LogP contribution >= 0.6 is 0 Å². The molecule has 0 N–H and O–H groups in total. The average molecular weight is 366 g/mol. The van der Waals surface area contributed by atoms with E-state index in [0.29, 0.717) is 11.8 Å². The molecular formula is C21H35NO4. The summed E-state index contributed by atoms with van der Waals surface area (Å²) in [5.41, 5.74) is 0.550. The van der Waals surface area contributed by atoms with Crippen LogP contribution in [0, 0.1) is 11.3 Å². The Hall–Kier alpha value is -1.88. The van der Waals surface area contributed by atoms with Gasteiger partial charge in [0.05, 0.1) is 7.11 Å². The van der Waals surface area contributed by atoms with Gasteiger partial charge in [-0.05, 0) is 37.4 Å². The molecule has 0 saturated carbocycles. The first kappa shape index (κ1) is 24.1. The van der Waals surface area contributed by atoms with E-state index in [1.54, 1.807) is 0 Å². The first-order valence-electron chi connectivity index (χ1n) is 9.00. The normalized spacial score (nSPS) is 19.1. The summed E-state index contributed by atoms with van der Waals surface area (Å²) in [6.07, 6.45) is 1.27. The lowest BCUT2D eigenvalue weighted by Gasteiger charge is -2.21. The third-order valence-corrected chi connectivity index (χ3v) is 4.39. The molecule has 0 aromatic heterocycles. The van der Waals surface area contributed by atoms with Crippen molar-refractivity contribution in [3.05, 3.63) is 30.3 Å². The highest BCUT2D eigenvalue weighted by Crippen LogP contribution is 2.33. The molecule has 1 heterocycles. The minimum Gasteiger partial charge on any atom is -0.490 e. The Balaban J connectivity index is 0.000000394. The first-order valence-corrected chi connectivity index (χ1v) is 9.00. The highest BCUT2D eigenvalue weighted by Gasteiger charge is 2.33. The summed E-state index contributed by atoms with van der Waals surface area (Å²) in [6, 6.07) is 9.49. The minimum absolute atomic E-state index is 0.0371. The van der Waals surface area contributed by atoms with Gasteiger partial charge in [0.25, 0.3) is 0 Å². The van der Waals surface area contributed by atoms with Crippen LogP contribution in [0.5, 0.6) is 5.75 Å². The summed E-state index contributed by atoms with van der Waals surface area (Å²) in [7, 11) is 3.55. The lowest BCUT2D eigenvalue weighted by Crippen LogP contribution is -2.20. The molecule has 1 saturated heterocycles. The fourth-order valence-corrected chi connectivity index (χ4v) is 2.55. The Morgan fingerprint density at radius 3 is 2.19 bits per heavy atom. The molecule has 1 aromatic carbocycles. The van der Waals surface area contributed by atoms with Crippen LogP contribution in [0.15, 0.2) is 30.3 Å². The largest absolute Gasteiger partial charge is 0.490 e. The van der Waals surface area contributed by atoms with Crippen LogP contribution in [0.1, 0.15) is 41.0 Å². The number of rotatable bonds is 4. The highest BCUT2D eigenvalue weighted by molar-refractivity contribution is 5.65. The van der Waals surface area contributed by atoms with E-state index >= 15 is 0 Å². The number of nitrogens with zero attached hydrogens (tertiary/aromatic N) is 1. The molecule has 5 heteroatoms. The van der Waals surface area contributed by atoms with E-state index in [4.69, 9.17) is 4.74 Å². The maximum absolute atomic E-state index is 10.1. The van der Waals surface area contributed by atoms with E-state index in [0.717, 1.165) is 18.0 Å². The van der Waals surface area contributed by atoms with Crippen LogP contribution in [-0.2, 0) is 14.3 Å². The van der Waals surface area contributed by atoms with E-state index in [-0.39, 0.29) is 12.1 Å². The van der Waals surface area contributed by atoms with Crippen molar-refractivity contribution >= 4 is 12.3 Å². The number of esters is 1. The summed E-state index contributed by atoms with van der Waals surface area (Å²) in [5, 5.41) is 0. The molecule has 0 bridgehead atoms. The summed E-state index contributed by atoms with van der Waals surface area (Å²) in [5.74, 6) is 1.43. The number of para-hydroxylation sites is 1. The molecule has 2 rings (SSSR count). The van der Waals surface area contributed by atoms with Crippen molar-refractivity contribution in [2.45, 2.75) is 47.1 Å². The predicted molar refractivity (Wildman–Crippen MR) is 105 cm³/mol. The molecule has 5 nitrogen and oxygen atoms in total. The second-order valence-corrected chi connectivity index (χ2v) is 7.43. The van der Waals surface area contributed by atoms with Gasteiger partial charge in [0, 0.05) is 26.4 Å². The van der Waals surface area contributed by atoms with E-state index in [1.807, 2.05) is 37.3 Å². The summed E-state index contributed by atoms with van der Waals surface area (Å²) in [4.78, 5) is 22.1. The van der Waals surface area contributed by atoms with Crippen LogP contribution in [0.4, 0.5) is 0 Å². The maximum Gasteiger partial charge on any atom is 0.302 e. The summed E-state index contributed by atoms with van der Waals surface area (Å²) in [6.45, 7) is 12.8. The van der Waals surface area contributed by atoms with Gasteiger partial charge in [-0.15, -0.1) is 0 Å². The van der Waals surface area contributed by atoms with Gasteiger partial charge in [-0.25, -0.2) is 0 Å². The van der Waals surface area contributed by atoms with Gasteiger partial charge >= 0.3 is 5.97 Å². The third kappa shape index (κ3) is 10.9. The Morgan fingerprint density at radius 2 is 1.88 bits per heavy atom. The number of methoxy groups -OCH3 is 1. The Kier molecular flexibility index (Phi) is 11.6. The summed E-state index contributed by atoms with van der Waals surface area (Å²) >= 11 is 0. The van der Waals surface area contributed by atoms with Crippen LogP contribution in [0.3, 0.4) is 0 Å². The molecule has 148 valence electrons. The lowest BCUT2D eigenvalue weighted by atomic mass is 9.84. The topological polar surface area (TPSA) is 55.8 Å². The number of aldehydes is 1. The standard InChI is InChI=1S/C10H12O2.C8H17N.C3H6O2/c1-9(7-8-11)12-10-5-3-2-4-6-10;1-7-5-9(4)6-8(7,2)3;1-3(4)5-2/h2-6,8-9H,7H2,1H3;7H,5-6H2,1-4H3;1-2H3/t9-;;/m1../s1. The second kappa shape index (κ2) is 12.5. The quantitative estimate of drug-likeness (QED) is 0.600. The van der Waals surface area contributed by atoms with Crippen LogP contribution in [0.25, 0.3) is 0 Å². The Bertz CT molecular complexity index is 516. The van der Waals surface area contributed by atoms with E-state index in [9.17, 15) is 9.59 Å². The van der Waals surface area contributed by atoms with Gasteiger partial charge in [-0.1, -0.05) is 39.0 Å². The van der Waals surface area contributed by atoms with Crippen molar-refractivity contribution in [3.8, 4) is 5.75 Å². The molecule has 1 aliphatic heterocycles. The molecule has 1 aromatic rings. The van der Waals surface area contributed by atoms with Crippen LogP contribution in [-0.4, -0.2) is 50.5 Å². The van der Waals surface area contributed by atoms with Crippen molar-refractivity contribution in [1.29, 1.82) is 0 Å². The zero-order valence-electron chi connectivity index (χ0n) is 17.3. The fraction of sp³-hybridized carbons (Fsp3) is 0.619. The SMILES string of the molecule is CC1CN(C)CC1(C)C.COC(C)=O.C[C@H](CC=O)Oc1ccccc1. The monoisotopic (exact) mass is 365 g/mol. The molecule has 1 fully saturated rings. The van der Waals surface area contributed by atoms with Crippen molar-refractivity contribution in [2.24, 2.45) is 11.3 Å². The second-order valence-electron chi connectivity index (χ2n) is 7.43. The van der Waals surface area contributed by atoms with Crippen LogP contribution < -0.4 is 4.74 Å². The maximum atomic E-state index is 10.1. The molecule has 0 spiro atoms. The van der Waals surface area contributed by atoms with E-state index in [2.05, 4.69) is 37.5 Å². The zero-order chi connectivity index (χ0) is 20.2. The minimum atomic E-state index is -0.245. The zero-order valence-corrected chi connectivity index (χ0v) is 17.3. The van der Waals surface area contributed by atoms with E-state index in [1.165, 1.54) is 27.1 Å². The molecule has 26 heavy (non-hydrogen) atoms. The fourth-order valence-electron chi connectivity index (χ4n) is 2.55. The number of benzene rings is 1. The molecular weight excluding hydrogens is 330 g/mol. The number of carbonyl (C=O) groups excluding carboxylic acids is 2. The number of hydrogen-bond donors (Lipinski definition) is 0. The molecule has 0 radical (unpaired) electrons. The van der Waals surface area contributed by atoms with Crippen LogP contribution in [0.2, 0.25) is 0 Å². The van der Waals surface area contributed by atoms with Gasteiger partial charge < -0.3 is 19.2 Å². The lowest BCUT2D eigenvalue weighted by molar-refractivity contribution is -0.137. The summed E-state index contributed by atoms with van der Waals surface area (Å²) < 4.78 is 9.53.